The van der Waals surface area contributed by atoms with E-state index in [1.54, 1.807) is 0 Å². The van der Waals surface area contributed by atoms with Gasteiger partial charge in [0.25, 0.3) is 0 Å². The zero-order chi connectivity index (χ0) is 14.1. The zero-order valence-corrected chi connectivity index (χ0v) is 12.2. The molecule has 0 bridgehead atoms. The van der Waals surface area contributed by atoms with Crippen LogP contribution in [0.4, 0.5) is 0 Å². The number of aryl methyl sites for hydroxylation is 1. The molecule has 0 saturated heterocycles. The topological polar surface area (TPSA) is 38.0 Å². The molecule has 1 heterocycles. The van der Waals surface area contributed by atoms with Crippen molar-refractivity contribution < 1.29 is 5.11 Å². The highest BCUT2D eigenvalue weighted by Crippen LogP contribution is 2.37. The second-order valence-electron chi connectivity index (χ2n) is 5.95. The van der Waals surface area contributed by atoms with E-state index in [1.807, 2.05) is 18.5 Å². The molecular formula is C17H22N2O. The Hall–Kier alpha value is -1.61. The SMILES string of the molecule is CC(C)c1nccn1C1CCCc2ccccc2C1O. The van der Waals surface area contributed by atoms with Gasteiger partial charge >= 0.3 is 0 Å². The highest BCUT2D eigenvalue weighted by molar-refractivity contribution is 5.31. The molecule has 2 unspecified atom stereocenters. The molecule has 3 nitrogen and oxygen atoms in total. The van der Waals surface area contributed by atoms with E-state index in [-0.39, 0.29) is 6.04 Å². The van der Waals surface area contributed by atoms with Crippen LogP contribution in [0.25, 0.3) is 0 Å². The number of imidazole rings is 1. The molecule has 0 saturated carbocycles. The van der Waals surface area contributed by atoms with E-state index < -0.39 is 6.10 Å². The van der Waals surface area contributed by atoms with Gasteiger partial charge in [-0.1, -0.05) is 38.1 Å². The highest BCUT2D eigenvalue weighted by atomic mass is 16.3. The van der Waals surface area contributed by atoms with Crippen molar-refractivity contribution in [3.8, 4) is 0 Å². The number of nitrogens with zero attached hydrogens (tertiary/aromatic N) is 2. The first-order chi connectivity index (χ1) is 9.68. The van der Waals surface area contributed by atoms with Gasteiger partial charge < -0.3 is 9.67 Å². The fraction of sp³-hybridized carbons (Fsp3) is 0.471. The summed E-state index contributed by atoms with van der Waals surface area (Å²) in [4.78, 5) is 4.46. The zero-order valence-electron chi connectivity index (χ0n) is 12.2. The second kappa shape index (κ2) is 5.41. The lowest BCUT2D eigenvalue weighted by molar-refractivity contribution is 0.108. The molecule has 1 N–H and O–H groups in total. The van der Waals surface area contributed by atoms with Crippen LogP contribution in [-0.4, -0.2) is 14.7 Å². The molecule has 20 heavy (non-hydrogen) atoms. The van der Waals surface area contributed by atoms with Gasteiger partial charge in [-0.25, -0.2) is 4.98 Å². The summed E-state index contributed by atoms with van der Waals surface area (Å²) < 4.78 is 2.18. The maximum atomic E-state index is 10.8. The molecular weight excluding hydrogens is 248 g/mol. The molecule has 0 spiro atoms. The number of hydrogen-bond donors (Lipinski definition) is 1. The van der Waals surface area contributed by atoms with Crippen molar-refractivity contribution in [2.75, 3.05) is 0 Å². The summed E-state index contributed by atoms with van der Waals surface area (Å²) in [5.41, 5.74) is 2.37. The molecule has 0 radical (unpaired) electrons. The van der Waals surface area contributed by atoms with Crippen molar-refractivity contribution in [1.29, 1.82) is 0 Å². The third kappa shape index (κ3) is 2.27. The number of rotatable bonds is 2. The number of aliphatic hydroxyl groups is 1. The van der Waals surface area contributed by atoms with Crippen LogP contribution in [0.15, 0.2) is 36.7 Å². The lowest BCUT2D eigenvalue weighted by Gasteiger charge is -2.26. The lowest BCUT2D eigenvalue weighted by atomic mass is 9.98. The summed E-state index contributed by atoms with van der Waals surface area (Å²) in [5, 5.41) is 10.8. The predicted molar refractivity (Wildman–Crippen MR) is 79.7 cm³/mol. The first-order valence-electron chi connectivity index (χ1n) is 7.47. The van der Waals surface area contributed by atoms with Crippen LogP contribution in [0.1, 0.15) is 61.7 Å². The molecule has 2 aromatic rings. The maximum absolute atomic E-state index is 10.8. The molecule has 0 fully saturated rings. The molecule has 3 heteroatoms. The van der Waals surface area contributed by atoms with Crippen LogP contribution in [0.2, 0.25) is 0 Å². The van der Waals surface area contributed by atoms with Gasteiger partial charge in [0.2, 0.25) is 0 Å². The summed E-state index contributed by atoms with van der Waals surface area (Å²) in [6.07, 6.45) is 6.56. The molecule has 0 aliphatic heterocycles. The largest absolute Gasteiger partial charge is 0.386 e. The van der Waals surface area contributed by atoms with E-state index in [2.05, 4.69) is 41.6 Å². The van der Waals surface area contributed by atoms with Crippen LogP contribution in [0.3, 0.4) is 0 Å². The van der Waals surface area contributed by atoms with E-state index in [9.17, 15) is 5.11 Å². The minimum atomic E-state index is -0.444. The van der Waals surface area contributed by atoms with Crippen molar-refractivity contribution >= 4 is 0 Å². The Morgan fingerprint density at radius 3 is 2.90 bits per heavy atom. The van der Waals surface area contributed by atoms with Crippen LogP contribution in [0.5, 0.6) is 0 Å². The van der Waals surface area contributed by atoms with Gasteiger partial charge in [-0.3, -0.25) is 0 Å². The predicted octanol–water partition coefficient (Wildman–Crippen LogP) is 3.62. The summed E-state index contributed by atoms with van der Waals surface area (Å²) in [6, 6.07) is 8.37. The fourth-order valence-corrected chi connectivity index (χ4v) is 3.26. The Labute approximate surface area is 120 Å². The number of hydrogen-bond acceptors (Lipinski definition) is 2. The van der Waals surface area contributed by atoms with E-state index in [0.717, 1.165) is 30.7 Å². The normalized spacial score (nSPS) is 22.6. The van der Waals surface area contributed by atoms with Crippen LogP contribution in [-0.2, 0) is 6.42 Å². The first-order valence-corrected chi connectivity index (χ1v) is 7.47. The Bertz CT molecular complexity index is 588. The van der Waals surface area contributed by atoms with Crippen molar-refractivity contribution in [2.45, 2.75) is 51.2 Å². The number of fused-ring (bicyclic) bond motifs is 1. The summed E-state index contributed by atoms with van der Waals surface area (Å²) in [7, 11) is 0. The lowest BCUT2D eigenvalue weighted by Crippen LogP contribution is -2.19. The third-order valence-electron chi connectivity index (χ3n) is 4.26. The van der Waals surface area contributed by atoms with Crippen molar-refractivity contribution in [2.24, 2.45) is 0 Å². The average molecular weight is 270 g/mol. The molecule has 3 rings (SSSR count). The Balaban J connectivity index is 2.00. The fourth-order valence-electron chi connectivity index (χ4n) is 3.26. The van der Waals surface area contributed by atoms with E-state index in [0.29, 0.717) is 5.92 Å². The minimum absolute atomic E-state index is 0.0959. The summed E-state index contributed by atoms with van der Waals surface area (Å²) in [5.74, 6) is 1.43. The quantitative estimate of drug-likeness (QED) is 0.846. The molecule has 0 amide bonds. The molecule has 1 aromatic carbocycles. The van der Waals surface area contributed by atoms with Gasteiger partial charge in [0.15, 0.2) is 0 Å². The molecule has 1 aromatic heterocycles. The summed E-state index contributed by atoms with van der Waals surface area (Å²) in [6.45, 7) is 4.30. The summed E-state index contributed by atoms with van der Waals surface area (Å²) >= 11 is 0. The monoisotopic (exact) mass is 270 g/mol. The number of benzene rings is 1. The van der Waals surface area contributed by atoms with Crippen molar-refractivity contribution in [1.82, 2.24) is 9.55 Å². The molecule has 1 aliphatic rings. The standard InChI is InChI=1S/C17H22N2O/c1-12(2)17-18-10-11-19(17)15-9-5-7-13-6-3-4-8-14(13)16(15)20/h3-4,6,8,10-12,15-16,20H,5,7,9H2,1-2H3. The van der Waals surface area contributed by atoms with Gasteiger partial charge in [0.1, 0.15) is 5.82 Å². The van der Waals surface area contributed by atoms with Crippen molar-refractivity contribution in [3.63, 3.8) is 0 Å². The second-order valence-corrected chi connectivity index (χ2v) is 5.95. The minimum Gasteiger partial charge on any atom is -0.386 e. The highest BCUT2D eigenvalue weighted by Gasteiger charge is 2.28. The van der Waals surface area contributed by atoms with Crippen LogP contribution in [0, 0.1) is 0 Å². The molecule has 106 valence electrons. The Kier molecular flexibility index (Phi) is 3.62. The smallest absolute Gasteiger partial charge is 0.111 e. The first kappa shape index (κ1) is 13.4. The maximum Gasteiger partial charge on any atom is 0.111 e. The van der Waals surface area contributed by atoms with Gasteiger partial charge in [-0.15, -0.1) is 0 Å². The average Bonchev–Trinajstić information content (AvgIpc) is 2.86. The van der Waals surface area contributed by atoms with Crippen LogP contribution < -0.4 is 0 Å². The Morgan fingerprint density at radius 1 is 1.30 bits per heavy atom. The van der Waals surface area contributed by atoms with Gasteiger partial charge in [-0.05, 0) is 30.4 Å². The van der Waals surface area contributed by atoms with Crippen molar-refractivity contribution in [3.05, 3.63) is 53.6 Å². The number of aliphatic hydroxyl groups excluding tert-OH is 1. The molecule has 2 atom stereocenters. The Morgan fingerprint density at radius 2 is 2.10 bits per heavy atom. The van der Waals surface area contributed by atoms with Gasteiger partial charge in [0, 0.05) is 18.3 Å². The van der Waals surface area contributed by atoms with E-state index >= 15 is 0 Å². The number of aromatic nitrogens is 2. The van der Waals surface area contributed by atoms with Gasteiger partial charge in [-0.2, -0.15) is 0 Å². The van der Waals surface area contributed by atoms with E-state index in [4.69, 9.17) is 0 Å². The van der Waals surface area contributed by atoms with E-state index in [1.165, 1.54) is 5.56 Å². The van der Waals surface area contributed by atoms with Crippen LogP contribution >= 0.6 is 0 Å². The third-order valence-corrected chi connectivity index (χ3v) is 4.26. The van der Waals surface area contributed by atoms with Gasteiger partial charge in [0.05, 0.1) is 12.1 Å². The molecule has 1 aliphatic carbocycles.